The third kappa shape index (κ3) is 5.28. The topological polar surface area (TPSA) is 55.4 Å². The van der Waals surface area contributed by atoms with Crippen molar-refractivity contribution in [2.24, 2.45) is 0 Å². The summed E-state index contributed by atoms with van der Waals surface area (Å²) in [6.07, 6.45) is -0.897. The molecule has 0 aromatic heterocycles. The Morgan fingerprint density at radius 3 is 2.54 bits per heavy atom. The van der Waals surface area contributed by atoms with E-state index in [-0.39, 0.29) is 5.75 Å². The SMILES string of the molecule is Cc1ccccc1SCC(=O)O[C@@H](C)C(=O)Nc1ccccc1Cl. The maximum Gasteiger partial charge on any atom is 0.317 e. The van der Waals surface area contributed by atoms with Gasteiger partial charge in [-0.05, 0) is 37.6 Å². The number of para-hydroxylation sites is 1. The molecule has 0 unspecified atom stereocenters. The summed E-state index contributed by atoms with van der Waals surface area (Å²) in [5.74, 6) is -0.711. The molecule has 0 aliphatic carbocycles. The second-order valence-corrected chi connectivity index (χ2v) is 6.58. The van der Waals surface area contributed by atoms with E-state index in [1.54, 1.807) is 24.3 Å². The molecule has 24 heavy (non-hydrogen) atoms. The molecule has 1 N–H and O–H groups in total. The van der Waals surface area contributed by atoms with E-state index >= 15 is 0 Å². The Kier molecular flexibility index (Phi) is 6.70. The minimum Gasteiger partial charge on any atom is -0.452 e. The number of carbonyl (C=O) groups excluding carboxylic acids is 2. The molecule has 1 amide bonds. The average Bonchev–Trinajstić information content (AvgIpc) is 2.56. The van der Waals surface area contributed by atoms with Crippen LogP contribution >= 0.6 is 23.4 Å². The quantitative estimate of drug-likeness (QED) is 0.613. The standard InChI is InChI=1S/C18H18ClNO3S/c1-12-7-3-6-10-16(12)24-11-17(21)23-13(2)18(22)20-15-9-5-4-8-14(15)19/h3-10,13H,11H2,1-2H3,(H,20,22)/t13-/m0/s1. The van der Waals surface area contributed by atoms with Crippen molar-refractivity contribution in [3.8, 4) is 0 Å². The van der Waals surface area contributed by atoms with E-state index in [4.69, 9.17) is 16.3 Å². The summed E-state index contributed by atoms with van der Waals surface area (Å²) in [6.45, 7) is 3.51. The fourth-order valence-electron chi connectivity index (χ4n) is 1.94. The zero-order valence-electron chi connectivity index (χ0n) is 13.4. The van der Waals surface area contributed by atoms with Crippen LogP contribution in [0, 0.1) is 6.92 Å². The summed E-state index contributed by atoms with van der Waals surface area (Å²) in [7, 11) is 0. The molecule has 6 heteroatoms. The predicted molar refractivity (Wildman–Crippen MR) is 97.5 cm³/mol. The summed E-state index contributed by atoms with van der Waals surface area (Å²) >= 11 is 7.37. The van der Waals surface area contributed by atoms with Gasteiger partial charge in [0.25, 0.3) is 5.91 Å². The Hall–Kier alpha value is -1.98. The molecule has 0 bridgehead atoms. The van der Waals surface area contributed by atoms with E-state index in [0.717, 1.165) is 10.5 Å². The van der Waals surface area contributed by atoms with Gasteiger partial charge in [0, 0.05) is 4.90 Å². The van der Waals surface area contributed by atoms with Crippen LogP contribution < -0.4 is 5.32 Å². The van der Waals surface area contributed by atoms with Crippen LogP contribution in [-0.2, 0) is 14.3 Å². The van der Waals surface area contributed by atoms with Crippen molar-refractivity contribution in [3.63, 3.8) is 0 Å². The van der Waals surface area contributed by atoms with Gasteiger partial charge >= 0.3 is 5.97 Å². The Morgan fingerprint density at radius 1 is 1.17 bits per heavy atom. The van der Waals surface area contributed by atoms with Crippen LogP contribution in [0.4, 0.5) is 5.69 Å². The molecule has 0 aliphatic heterocycles. The number of thioether (sulfide) groups is 1. The molecule has 0 fully saturated rings. The number of halogens is 1. The highest BCUT2D eigenvalue weighted by Crippen LogP contribution is 2.22. The number of ether oxygens (including phenoxy) is 1. The summed E-state index contributed by atoms with van der Waals surface area (Å²) < 4.78 is 5.17. The maximum absolute atomic E-state index is 12.1. The lowest BCUT2D eigenvalue weighted by molar-refractivity contribution is -0.150. The van der Waals surface area contributed by atoms with Gasteiger partial charge in [-0.3, -0.25) is 9.59 Å². The molecule has 0 saturated heterocycles. The smallest absolute Gasteiger partial charge is 0.317 e. The number of amides is 1. The number of anilines is 1. The van der Waals surface area contributed by atoms with Gasteiger partial charge in [0.1, 0.15) is 0 Å². The molecular weight excluding hydrogens is 346 g/mol. The normalized spacial score (nSPS) is 11.6. The van der Waals surface area contributed by atoms with Crippen molar-refractivity contribution in [1.82, 2.24) is 0 Å². The van der Waals surface area contributed by atoms with E-state index < -0.39 is 18.0 Å². The summed E-state index contributed by atoms with van der Waals surface area (Å²) in [5, 5.41) is 3.07. The zero-order chi connectivity index (χ0) is 17.5. The van der Waals surface area contributed by atoms with Crippen molar-refractivity contribution >= 4 is 40.9 Å². The Morgan fingerprint density at radius 2 is 1.83 bits per heavy atom. The van der Waals surface area contributed by atoms with Crippen molar-refractivity contribution in [3.05, 3.63) is 59.1 Å². The first-order valence-corrected chi connectivity index (χ1v) is 8.77. The number of rotatable bonds is 6. The minimum absolute atomic E-state index is 0.147. The van der Waals surface area contributed by atoms with Crippen LogP contribution in [0.2, 0.25) is 5.02 Å². The molecule has 0 saturated carbocycles. The van der Waals surface area contributed by atoms with Crippen molar-refractivity contribution in [2.75, 3.05) is 11.1 Å². The number of hydrogen-bond donors (Lipinski definition) is 1. The van der Waals surface area contributed by atoms with Crippen LogP contribution in [0.5, 0.6) is 0 Å². The number of nitrogens with one attached hydrogen (secondary N) is 1. The Labute approximate surface area is 150 Å². The molecule has 0 radical (unpaired) electrons. The van der Waals surface area contributed by atoms with E-state index in [1.165, 1.54) is 18.7 Å². The van der Waals surface area contributed by atoms with Gasteiger partial charge in [0.2, 0.25) is 0 Å². The molecule has 2 aromatic rings. The molecule has 0 aliphatic rings. The maximum atomic E-state index is 12.1. The number of aryl methyl sites for hydroxylation is 1. The monoisotopic (exact) mass is 363 g/mol. The molecule has 0 heterocycles. The van der Waals surface area contributed by atoms with Gasteiger partial charge in [-0.2, -0.15) is 0 Å². The lowest BCUT2D eigenvalue weighted by Gasteiger charge is -2.14. The van der Waals surface area contributed by atoms with E-state index in [9.17, 15) is 9.59 Å². The lowest BCUT2D eigenvalue weighted by atomic mass is 10.2. The van der Waals surface area contributed by atoms with Gasteiger partial charge in [-0.15, -0.1) is 11.8 Å². The lowest BCUT2D eigenvalue weighted by Crippen LogP contribution is -2.30. The van der Waals surface area contributed by atoms with E-state index in [0.29, 0.717) is 10.7 Å². The first-order chi connectivity index (χ1) is 11.5. The molecular formula is C18H18ClNO3S. The fraction of sp³-hybridized carbons (Fsp3) is 0.222. The van der Waals surface area contributed by atoms with Crippen LogP contribution in [0.3, 0.4) is 0 Å². The van der Waals surface area contributed by atoms with Gasteiger partial charge in [0.15, 0.2) is 6.10 Å². The summed E-state index contributed by atoms with van der Waals surface area (Å²) in [5.41, 5.74) is 1.58. The fourth-order valence-corrected chi connectivity index (χ4v) is 2.93. The van der Waals surface area contributed by atoms with E-state index in [1.807, 2.05) is 31.2 Å². The highest BCUT2D eigenvalue weighted by molar-refractivity contribution is 8.00. The van der Waals surface area contributed by atoms with Gasteiger partial charge < -0.3 is 10.1 Å². The molecule has 4 nitrogen and oxygen atoms in total. The number of hydrogen-bond acceptors (Lipinski definition) is 4. The van der Waals surface area contributed by atoms with Gasteiger partial charge in [0.05, 0.1) is 16.5 Å². The van der Waals surface area contributed by atoms with E-state index in [2.05, 4.69) is 5.32 Å². The molecule has 2 rings (SSSR count). The van der Waals surface area contributed by atoms with Crippen molar-refractivity contribution in [1.29, 1.82) is 0 Å². The first kappa shape index (κ1) is 18.4. The third-order valence-electron chi connectivity index (χ3n) is 3.25. The number of benzene rings is 2. The van der Waals surface area contributed by atoms with Gasteiger partial charge in [-0.1, -0.05) is 41.9 Å². The summed E-state index contributed by atoms with van der Waals surface area (Å²) in [6, 6.07) is 14.7. The van der Waals surface area contributed by atoms with Crippen LogP contribution in [0.1, 0.15) is 12.5 Å². The summed E-state index contributed by atoms with van der Waals surface area (Å²) in [4.78, 5) is 25.0. The Balaban J connectivity index is 1.84. The highest BCUT2D eigenvalue weighted by atomic mass is 35.5. The predicted octanol–water partition coefficient (Wildman–Crippen LogP) is 4.31. The largest absolute Gasteiger partial charge is 0.452 e. The third-order valence-corrected chi connectivity index (χ3v) is 4.73. The molecule has 1 atom stereocenters. The molecule has 0 spiro atoms. The highest BCUT2D eigenvalue weighted by Gasteiger charge is 2.19. The van der Waals surface area contributed by atoms with Crippen molar-refractivity contribution < 1.29 is 14.3 Å². The second kappa shape index (κ2) is 8.76. The van der Waals surface area contributed by atoms with Crippen molar-refractivity contribution in [2.45, 2.75) is 24.8 Å². The molecule has 2 aromatic carbocycles. The zero-order valence-corrected chi connectivity index (χ0v) is 15.0. The van der Waals surface area contributed by atoms with Crippen LogP contribution in [0.25, 0.3) is 0 Å². The second-order valence-electron chi connectivity index (χ2n) is 5.16. The average molecular weight is 364 g/mol. The van der Waals surface area contributed by atoms with Crippen LogP contribution in [0.15, 0.2) is 53.4 Å². The molecule has 126 valence electrons. The van der Waals surface area contributed by atoms with Crippen LogP contribution in [-0.4, -0.2) is 23.7 Å². The van der Waals surface area contributed by atoms with Gasteiger partial charge in [-0.25, -0.2) is 0 Å². The number of esters is 1. The first-order valence-electron chi connectivity index (χ1n) is 7.40. The Bertz CT molecular complexity index is 736. The number of carbonyl (C=O) groups is 2. The minimum atomic E-state index is -0.897.